The second-order valence-corrected chi connectivity index (χ2v) is 6.16. The summed E-state index contributed by atoms with van der Waals surface area (Å²) < 4.78 is 0. The van der Waals surface area contributed by atoms with E-state index in [9.17, 15) is 14.9 Å². The van der Waals surface area contributed by atoms with Gasteiger partial charge in [0.1, 0.15) is 5.82 Å². The first-order valence-corrected chi connectivity index (χ1v) is 8.28. The van der Waals surface area contributed by atoms with Gasteiger partial charge in [-0.2, -0.15) is 0 Å². The Morgan fingerprint density at radius 2 is 2.04 bits per heavy atom. The number of aromatic nitrogens is 1. The van der Waals surface area contributed by atoms with Crippen LogP contribution >= 0.6 is 0 Å². The van der Waals surface area contributed by atoms with Gasteiger partial charge >= 0.3 is 0 Å². The summed E-state index contributed by atoms with van der Waals surface area (Å²) in [6.45, 7) is 4.07. The smallest absolute Gasteiger partial charge is 0.272 e. The summed E-state index contributed by atoms with van der Waals surface area (Å²) in [4.78, 5) is 29.3. The highest BCUT2D eigenvalue weighted by molar-refractivity contribution is 5.94. The molecule has 0 spiro atoms. The molecule has 3 rings (SSSR count). The van der Waals surface area contributed by atoms with Gasteiger partial charge in [0.2, 0.25) is 0 Å². The van der Waals surface area contributed by atoms with E-state index in [4.69, 9.17) is 0 Å². The molecule has 7 heteroatoms. The maximum atomic E-state index is 12.2. The second-order valence-electron chi connectivity index (χ2n) is 6.16. The number of nitrogens with one attached hydrogen (secondary N) is 1. The molecular formula is C18H20N4O3. The lowest BCUT2D eigenvalue weighted by Crippen LogP contribution is -2.23. The van der Waals surface area contributed by atoms with Crippen molar-refractivity contribution in [1.82, 2.24) is 10.3 Å². The third-order valence-electron chi connectivity index (χ3n) is 4.35. The number of nitro groups is 1. The van der Waals surface area contributed by atoms with Crippen molar-refractivity contribution < 1.29 is 9.72 Å². The molecule has 0 bridgehead atoms. The van der Waals surface area contributed by atoms with Gasteiger partial charge < -0.3 is 10.2 Å². The summed E-state index contributed by atoms with van der Waals surface area (Å²) in [5, 5.41) is 13.6. The van der Waals surface area contributed by atoms with E-state index in [0.717, 1.165) is 24.5 Å². The minimum Gasteiger partial charge on any atom is -0.357 e. The van der Waals surface area contributed by atoms with Gasteiger partial charge in [-0.15, -0.1) is 0 Å². The largest absolute Gasteiger partial charge is 0.357 e. The maximum absolute atomic E-state index is 12.2. The normalized spacial score (nSPS) is 13.7. The first-order valence-electron chi connectivity index (χ1n) is 8.28. The maximum Gasteiger partial charge on any atom is 0.272 e. The first kappa shape index (κ1) is 16.9. The molecule has 1 aliphatic heterocycles. The molecule has 7 nitrogen and oxygen atoms in total. The van der Waals surface area contributed by atoms with Gasteiger partial charge in [0.15, 0.2) is 0 Å². The molecule has 2 aromatic rings. The Bertz CT molecular complexity index is 783. The molecule has 2 heterocycles. The fourth-order valence-electron chi connectivity index (χ4n) is 2.94. The molecule has 0 saturated carbocycles. The van der Waals surface area contributed by atoms with Crippen molar-refractivity contribution in [3.8, 4) is 0 Å². The van der Waals surface area contributed by atoms with Crippen LogP contribution < -0.4 is 10.2 Å². The molecule has 1 aromatic heterocycles. The zero-order chi connectivity index (χ0) is 17.8. The van der Waals surface area contributed by atoms with Crippen LogP contribution in [-0.4, -0.2) is 28.9 Å². The fourth-order valence-corrected chi connectivity index (χ4v) is 2.94. The third kappa shape index (κ3) is 3.93. The average Bonchev–Trinajstić information content (AvgIpc) is 3.14. The van der Waals surface area contributed by atoms with Crippen molar-refractivity contribution >= 4 is 17.4 Å². The lowest BCUT2D eigenvalue weighted by atomic mass is 10.1. The summed E-state index contributed by atoms with van der Waals surface area (Å²) in [5.74, 6) is 0.709. The van der Waals surface area contributed by atoms with E-state index in [-0.39, 0.29) is 11.6 Å². The zero-order valence-corrected chi connectivity index (χ0v) is 14.1. The van der Waals surface area contributed by atoms with E-state index in [1.54, 1.807) is 13.1 Å². The quantitative estimate of drug-likeness (QED) is 0.668. The molecule has 1 N–H and O–H groups in total. The average molecular weight is 340 g/mol. The van der Waals surface area contributed by atoms with Gasteiger partial charge in [-0.3, -0.25) is 14.9 Å². The topological polar surface area (TPSA) is 88.4 Å². The molecule has 1 fully saturated rings. The highest BCUT2D eigenvalue weighted by atomic mass is 16.6. The SMILES string of the molecule is Cc1cc(C(=O)NCc2ccc(N3CCCC3)nc2)ccc1[N+](=O)[O-]. The molecule has 0 radical (unpaired) electrons. The van der Waals surface area contributed by atoms with Crippen LogP contribution in [0.3, 0.4) is 0 Å². The highest BCUT2D eigenvalue weighted by Crippen LogP contribution is 2.19. The Morgan fingerprint density at radius 1 is 1.28 bits per heavy atom. The molecule has 25 heavy (non-hydrogen) atoms. The highest BCUT2D eigenvalue weighted by Gasteiger charge is 2.15. The summed E-state index contributed by atoms with van der Waals surface area (Å²) >= 11 is 0. The number of carbonyl (C=O) groups is 1. The van der Waals surface area contributed by atoms with E-state index in [0.29, 0.717) is 17.7 Å². The van der Waals surface area contributed by atoms with Crippen molar-refractivity contribution in [1.29, 1.82) is 0 Å². The van der Waals surface area contributed by atoms with E-state index < -0.39 is 4.92 Å². The lowest BCUT2D eigenvalue weighted by molar-refractivity contribution is -0.385. The van der Waals surface area contributed by atoms with E-state index >= 15 is 0 Å². The Morgan fingerprint density at radius 3 is 2.64 bits per heavy atom. The van der Waals surface area contributed by atoms with Crippen LogP contribution in [0, 0.1) is 17.0 Å². The Hall–Kier alpha value is -2.96. The molecule has 1 saturated heterocycles. The van der Waals surface area contributed by atoms with Gasteiger partial charge in [-0.1, -0.05) is 6.07 Å². The molecule has 1 amide bonds. The molecule has 0 aliphatic carbocycles. The van der Waals surface area contributed by atoms with Crippen LogP contribution in [0.15, 0.2) is 36.5 Å². The zero-order valence-electron chi connectivity index (χ0n) is 14.1. The molecule has 0 atom stereocenters. The third-order valence-corrected chi connectivity index (χ3v) is 4.35. The van der Waals surface area contributed by atoms with E-state index in [2.05, 4.69) is 15.2 Å². The van der Waals surface area contributed by atoms with Gasteiger partial charge in [0.05, 0.1) is 4.92 Å². The molecule has 1 aliphatic rings. The number of rotatable bonds is 5. The van der Waals surface area contributed by atoms with Crippen molar-refractivity contribution in [2.24, 2.45) is 0 Å². The molecule has 0 unspecified atom stereocenters. The van der Waals surface area contributed by atoms with Crippen LogP contribution in [-0.2, 0) is 6.54 Å². The van der Waals surface area contributed by atoms with Crippen LogP contribution in [0.1, 0.15) is 34.3 Å². The lowest BCUT2D eigenvalue weighted by Gasteiger charge is -2.16. The number of hydrogen-bond acceptors (Lipinski definition) is 5. The fraction of sp³-hybridized carbons (Fsp3) is 0.333. The predicted octanol–water partition coefficient (Wildman–Crippen LogP) is 2.83. The second kappa shape index (κ2) is 7.29. The minimum atomic E-state index is -0.454. The number of nitrogens with zero attached hydrogens (tertiary/aromatic N) is 3. The van der Waals surface area contributed by atoms with E-state index in [1.165, 1.54) is 31.0 Å². The van der Waals surface area contributed by atoms with Crippen molar-refractivity contribution in [3.05, 3.63) is 63.3 Å². The Labute approximate surface area is 145 Å². The predicted molar refractivity (Wildman–Crippen MR) is 94.7 cm³/mol. The monoisotopic (exact) mass is 340 g/mol. The Balaban J connectivity index is 1.60. The number of pyridine rings is 1. The summed E-state index contributed by atoms with van der Waals surface area (Å²) in [7, 11) is 0. The number of aryl methyl sites for hydroxylation is 1. The van der Waals surface area contributed by atoms with Crippen molar-refractivity contribution in [3.63, 3.8) is 0 Å². The number of amides is 1. The number of benzene rings is 1. The summed E-state index contributed by atoms with van der Waals surface area (Å²) in [6.07, 6.45) is 4.18. The van der Waals surface area contributed by atoms with Gasteiger partial charge in [0, 0.05) is 43.0 Å². The number of nitro benzene ring substituents is 1. The summed E-state index contributed by atoms with van der Waals surface area (Å²) in [5.41, 5.74) is 1.80. The first-order chi connectivity index (χ1) is 12.0. The van der Waals surface area contributed by atoms with Crippen LogP contribution in [0.5, 0.6) is 0 Å². The Kier molecular flexibility index (Phi) is 4.92. The minimum absolute atomic E-state index is 0.0123. The number of anilines is 1. The standard InChI is InChI=1S/C18H20N4O3/c1-13-10-15(5-6-16(13)22(24)25)18(23)20-12-14-4-7-17(19-11-14)21-8-2-3-9-21/h4-7,10-11H,2-3,8-9,12H2,1H3,(H,20,23). The molecule has 1 aromatic carbocycles. The summed E-state index contributed by atoms with van der Waals surface area (Å²) in [6, 6.07) is 8.29. The van der Waals surface area contributed by atoms with Gasteiger partial charge in [0.25, 0.3) is 11.6 Å². The van der Waals surface area contributed by atoms with Crippen LogP contribution in [0.4, 0.5) is 11.5 Å². The van der Waals surface area contributed by atoms with Crippen molar-refractivity contribution in [2.45, 2.75) is 26.3 Å². The number of hydrogen-bond donors (Lipinski definition) is 1. The van der Waals surface area contributed by atoms with Gasteiger partial charge in [-0.05, 0) is 43.5 Å². The molecule has 130 valence electrons. The van der Waals surface area contributed by atoms with Gasteiger partial charge in [-0.25, -0.2) is 4.98 Å². The van der Waals surface area contributed by atoms with Crippen LogP contribution in [0.2, 0.25) is 0 Å². The molecular weight excluding hydrogens is 320 g/mol. The van der Waals surface area contributed by atoms with E-state index in [1.807, 2.05) is 12.1 Å². The van der Waals surface area contributed by atoms with Crippen molar-refractivity contribution in [2.75, 3.05) is 18.0 Å². The van der Waals surface area contributed by atoms with Crippen LogP contribution in [0.25, 0.3) is 0 Å². The number of carbonyl (C=O) groups excluding carboxylic acids is 1.